The number of aryl methyl sites for hydroxylation is 1. The smallest absolute Gasteiger partial charge is 0.325 e. The van der Waals surface area contributed by atoms with E-state index in [1.54, 1.807) is 13.3 Å². The topological polar surface area (TPSA) is 106 Å². The van der Waals surface area contributed by atoms with E-state index in [2.05, 4.69) is 15.6 Å². The molecule has 0 radical (unpaired) electrons. The number of benzene rings is 1. The summed E-state index contributed by atoms with van der Waals surface area (Å²) in [6, 6.07) is 6.52. The van der Waals surface area contributed by atoms with Gasteiger partial charge in [0.15, 0.2) is 0 Å². The molecule has 1 spiro atoms. The van der Waals surface area contributed by atoms with Crippen molar-refractivity contribution in [1.82, 2.24) is 25.1 Å². The number of aromatic nitrogens is 2. The number of hydrogen-bond donors (Lipinski definition) is 2. The minimum Gasteiger partial charge on any atom is -0.497 e. The highest BCUT2D eigenvalue weighted by molar-refractivity contribution is 6.07. The Morgan fingerprint density at radius 1 is 1.26 bits per heavy atom. The number of amides is 4. The highest BCUT2D eigenvalue weighted by Gasteiger charge is 2.52. The molecule has 1 saturated carbocycles. The lowest BCUT2D eigenvalue weighted by atomic mass is 9.98. The summed E-state index contributed by atoms with van der Waals surface area (Å²) in [5.41, 5.74) is 0.0925. The molecule has 1 saturated heterocycles. The van der Waals surface area contributed by atoms with Crippen molar-refractivity contribution in [2.24, 2.45) is 7.05 Å². The van der Waals surface area contributed by atoms with Gasteiger partial charge in [-0.3, -0.25) is 14.5 Å². The van der Waals surface area contributed by atoms with Crippen molar-refractivity contribution in [3.05, 3.63) is 48.0 Å². The zero-order valence-electron chi connectivity index (χ0n) is 17.8. The summed E-state index contributed by atoms with van der Waals surface area (Å²) in [7, 11) is 3.46. The molecule has 4 rings (SSSR count). The van der Waals surface area contributed by atoms with Crippen LogP contribution in [0.1, 0.15) is 49.5 Å². The molecule has 1 aromatic heterocycles. The molecule has 0 unspecified atom stereocenters. The summed E-state index contributed by atoms with van der Waals surface area (Å²) in [4.78, 5) is 43.5. The molecule has 9 heteroatoms. The maximum absolute atomic E-state index is 12.8. The van der Waals surface area contributed by atoms with Crippen molar-refractivity contribution in [2.75, 3.05) is 13.7 Å². The van der Waals surface area contributed by atoms with Crippen LogP contribution >= 0.6 is 0 Å². The van der Waals surface area contributed by atoms with Crippen molar-refractivity contribution < 1.29 is 19.1 Å². The molecule has 2 aromatic rings. The summed E-state index contributed by atoms with van der Waals surface area (Å²) in [6.45, 7) is 0.0498. The van der Waals surface area contributed by atoms with Gasteiger partial charge in [0.25, 0.3) is 5.91 Å². The number of rotatable bonds is 7. The van der Waals surface area contributed by atoms with Crippen LogP contribution in [0.15, 0.2) is 36.7 Å². The standard InChI is InChI=1S/C22H27N5O4/c1-26-14-12-23-19(26)18(15-5-7-16(31-2)8-6-15)24-17(28)9-13-27-20(29)22(25-21(27)30)10-3-4-11-22/h5-8,12,14,18H,3-4,9-11,13H2,1-2H3,(H,24,28)(H,25,30)/t18-/m0/s1. The normalized spacial score (nSPS) is 18.3. The first-order chi connectivity index (χ1) is 14.9. The third kappa shape index (κ3) is 3.99. The third-order valence-corrected chi connectivity index (χ3v) is 6.14. The van der Waals surface area contributed by atoms with E-state index in [1.807, 2.05) is 42.1 Å². The number of carbonyl (C=O) groups is 3. The highest BCUT2D eigenvalue weighted by atomic mass is 16.5. The fourth-order valence-electron chi connectivity index (χ4n) is 4.39. The predicted molar refractivity (Wildman–Crippen MR) is 112 cm³/mol. The molecule has 4 amide bonds. The van der Waals surface area contributed by atoms with Gasteiger partial charge in [-0.05, 0) is 30.5 Å². The van der Waals surface area contributed by atoms with Gasteiger partial charge in [0.2, 0.25) is 5.91 Å². The Morgan fingerprint density at radius 3 is 2.58 bits per heavy atom. The van der Waals surface area contributed by atoms with Gasteiger partial charge in [0, 0.05) is 32.4 Å². The zero-order valence-corrected chi connectivity index (χ0v) is 17.8. The molecule has 9 nitrogen and oxygen atoms in total. The summed E-state index contributed by atoms with van der Waals surface area (Å²) in [5, 5.41) is 5.84. The molecule has 2 aliphatic rings. The molecule has 0 bridgehead atoms. The Morgan fingerprint density at radius 2 is 1.97 bits per heavy atom. The Balaban J connectivity index is 1.45. The van der Waals surface area contributed by atoms with Gasteiger partial charge in [-0.2, -0.15) is 0 Å². The lowest BCUT2D eigenvalue weighted by Gasteiger charge is -2.21. The number of ether oxygens (including phenoxy) is 1. The van der Waals surface area contributed by atoms with Gasteiger partial charge in [-0.25, -0.2) is 9.78 Å². The van der Waals surface area contributed by atoms with Crippen LogP contribution in [-0.2, 0) is 16.6 Å². The van der Waals surface area contributed by atoms with Gasteiger partial charge in [-0.1, -0.05) is 25.0 Å². The van der Waals surface area contributed by atoms with Crippen LogP contribution in [0.25, 0.3) is 0 Å². The second-order valence-electron chi connectivity index (χ2n) is 8.10. The molecule has 1 atom stereocenters. The molecule has 2 fully saturated rings. The molecular formula is C22H27N5O4. The number of nitrogens with one attached hydrogen (secondary N) is 2. The summed E-state index contributed by atoms with van der Waals surface area (Å²) < 4.78 is 7.06. The number of imidazole rings is 1. The monoisotopic (exact) mass is 425 g/mol. The molecular weight excluding hydrogens is 398 g/mol. The second kappa shape index (κ2) is 8.41. The molecule has 1 aliphatic heterocycles. The van der Waals surface area contributed by atoms with Crippen molar-refractivity contribution in [3.8, 4) is 5.75 Å². The lowest BCUT2D eigenvalue weighted by Crippen LogP contribution is -2.44. The molecule has 1 aliphatic carbocycles. The van der Waals surface area contributed by atoms with E-state index in [-0.39, 0.29) is 24.8 Å². The van der Waals surface area contributed by atoms with E-state index in [0.717, 1.165) is 18.4 Å². The van der Waals surface area contributed by atoms with Crippen LogP contribution in [0.5, 0.6) is 5.75 Å². The van der Waals surface area contributed by atoms with Gasteiger partial charge in [0.05, 0.1) is 7.11 Å². The number of carbonyl (C=O) groups excluding carboxylic acids is 3. The Bertz CT molecular complexity index is 978. The Hall–Kier alpha value is -3.36. The summed E-state index contributed by atoms with van der Waals surface area (Å²) in [6.07, 6.45) is 6.68. The second-order valence-corrected chi connectivity index (χ2v) is 8.10. The van der Waals surface area contributed by atoms with Crippen LogP contribution in [0, 0.1) is 0 Å². The maximum atomic E-state index is 12.8. The number of urea groups is 1. The first kappa shape index (κ1) is 20.9. The SMILES string of the molecule is COc1ccc([C@H](NC(=O)CCN2C(=O)NC3(CCCC3)C2=O)c2nccn2C)cc1. The molecule has 2 N–H and O–H groups in total. The number of methoxy groups -OCH3 is 1. The fourth-order valence-corrected chi connectivity index (χ4v) is 4.39. The number of imide groups is 1. The van der Waals surface area contributed by atoms with E-state index >= 15 is 0 Å². The molecule has 2 heterocycles. The van der Waals surface area contributed by atoms with Crippen LogP contribution in [0.4, 0.5) is 4.79 Å². The van der Waals surface area contributed by atoms with E-state index in [4.69, 9.17) is 4.74 Å². The van der Waals surface area contributed by atoms with Crippen LogP contribution in [0.2, 0.25) is 0 Å². The van der Waals surface area contributed by atoms with Crippen molar-refractivity contribution in [3.63, 3.8) is 0 Å². The maximum Gasteiger partial charge on any atom is 0.325 e. The van der Waals surface area contributed by atoms with Crippen LogP contribution in [-0.4, -0.2) is 51.5 Å². The average Bonchev–Trinajstić information content (AvgIpc) is 3.46. The molecule has 31 heavy (non-hydrogen) atoms. The van der Waals surface area contributed by atoms with E-state index < -0.39 is 17.6 Å². The average molecular weight is 425 g/mol. The van der Waals surface area contributed by atoms with E-state index in [1.165, 1.54) is 4.90 Å². The van der Waals surface area contributed by atoms with Crippen LogP contribution < -0.4 is 15.4 Å². The quantitative estimate of drug-likeness (QED) is 0.659. The molecule has 1 aromatic carbocycles. The largest absolute Gasteiger partial charge is 0.497 e. The van der Waals surface area contributed by atoms with Crippen LogP contribution in [0.3, 0.4) is 0 Å². The van der Waals surface area contributed by atoms with Gasteiger partial charge < -0.3 is 19.9 Å². The predicted octanol–water partition coefficient (Wildman–Crippen LogP) is 1.89. The summed E-state index contributed by atoms with van der Waals surface area (Å²) >= 11 is 0. The van der Waals surface area contributed by atoms with Gasteiger partial charge in [-0.15, -0.1) is 0 Å². The Labute approximate surface area is 180 Å². The molecule has 164 valence electrons. The zero-order chi connectivity index (χ0) is 22.0. The number of nitrogens with zero attached hydrogens (tertiary/aromatic N) is 3. The van der Waals surface area contributed by atoms with Crippen molar-refractivity contribution in [1.29, 1.82) is 0 Å². The number of hydrogen-bond acceptors (Lipinski definition) is 5. The Kier molecular flexibility index (Phi) is 5.67. The first-order valence-corrected chi connectivity index (χ1v) is 10.5. The lowest BCUT2D eigenvalue weighted by molar-refractivity contribution is -0.131. The van der Waals surface area contributed by atoms with Crippen molar-refractivity contribution >= 4 is 17.8 Å². The minimum absolute atomic E-state index is 0.0202. The fraction of sp³-hybridized carbons (Fsp3) is 0.455. The van der Waals surface area contributed by atoms with Gasteiger partial charge >= 0.3 is 6.03 Å². The van der Waals surface area contributed by atoms with Crippen molar-refractivity contribution in [2.45, 2.75) is 43.7 Å². The van der Waals surface area contributed by atoms with E-state index in [9.17, 15) is 14.4 Å². The first-order valence-electron chi connectivity index (χ1n) is 10.5. The summed E-state index contributed by atoms with van der Waals surface area (Å²) in [5.74, 6) is 0.918. The third-order valence-electron chi connectivity index (χ3n) is 6.14. The minimum atomic E-state index is -0.758. The van der Waals surface area contributed by atoms with Gasteiger partial charge in [0.1, 0.15) is 23.2 Å². The highest BCUT2D eigenvalue weighted by Crippen LogP contribution is 2.35. The van der Waals surface area contributed by atoms with E-state index in [0.29, 0.717) is 24.4 Å².